The number of rotatable bonds is 7. The van der Waals surface area contributed by atoms with Crippen molar-refractivity contribution in [2.75, 3.05) is 6.61 Å². The van der Waals surface area contributed by atoms with Gasteiger partial charge in [-0.2, -0.15) is 0 Å². The van der Waals surface area contributed by atoms with Crippen molar-refractivity contribution in [3.05, 3.63) is 59.7 Å². The smallest absolute Gasteiger partial charge is 0.344 e. The minimum Gasteiger partial charge on any atom is -0.479 e. The quantitative estimate of drug-likeness (QED) is 0.616. The summed E-state index contributed by atoms with van der Waals surface area (Å²) in [6.07, 6.45) is 0.765. The van der Waals surface area contributed by atoms with Gasteiger partial charge in [0.15, 0.2) is 6.10 Å². The lowest BCUT2D eigenvalue weighted by Gasteiger charge is -2.09. The van der Waals surface area contributed by atoms with E-state index in [1.54, 1.807) is 61.7 Å². The lowest BCUT2D eigenvalue weighted by atomic mass is 10.2. The highest BCUT2D eigenvalue weighted by Gasteiger charge is 2.11. The molecule has 2 aromatic carbocycles. The van der Waals surface area contributed by atoms with E-state index in [0.29, 0.717) is 23.6 Å². The first kappa shape index (κ1) is 18.2. The summed E-state index contributed by atoms with van der Waals surface area (Å²) in [6.45, 7) is 3.57. The maximum atomic E-state index is 11.6. The van der Waals surface area contributed by atoms with Crippen LogP contribution in [0.5, 0.6) is 5.75 Å². The second-order valence-electron chi connectivity index (χ2n) is 5.19. The molecule has 6 nitrogen and oxygen atoms in total. The number of nitrogens with zero attached hydrogens (tertiary/aromatic N) is 1. The lowest BCUT2D eigenvalue weighted by molar-refractivity contribution is -0.144. The fourth-order valence-corrected chi connectivity index (χ4v) is 1.93. The topological polar surface area (TPSA) is 85.2 Å². The molecule has 0 fully saturated rings. The van der Waals surface area contributed by atoms with Gasteiger partial charge in [-0.05, 0) is 67.9 Å². The molecule has 2 rings (SSSR count). The molecule has 0 aliphatic carbocycles. The van der Waals surface area contributed by atoms with Gasteiger partial charge in [-0.3, -0.25) is 4.99 Å². The Morgan fingerprint density at radius 2 is 1.76 bits per heavy atom. The second kappa shape index (κ2) is 8.63. The van der Waals surface area contributed by atoms with Crippen LogP contribution < -0.4 is 4.74 Å². The average molecular weight is 341 g/mol. The molecule has 1 N–H and O–H groups in total. The molecular weight excluding hydrogens is 322 g/mol. The number of carbonyl (C=O) groups excluding carboxylic acids is 1. The molecule has 0 heterocycles. The highest BCUT2D eigenvalue weighted by atomic mass is 16.5. The largest absolute Gasteiger partial charge is 0.479 e. The summed E-state index contributed by atoms with van der Waals surface area (Å²) in [5.74, 6) is -0.896. The van der Waals surface area contributed by atoms with Crippen LogP contribution in [-0.4, -0.2) is 36.0 Å². The van der Waals surface area contributed by atoms with Crippen molar-refractivity contribution >= 4 is 23.8 Å². The zero-order valence-electron chi connectivity index (χ0n) is 14.0. The van der Waals surface area contributed by atoms with Crippen LogP contribution in [0, 0.1) is 0 Å². The van der Waals surface area contributed by atoms with Gasteiger partial charge in [-0.15, -0.1) is 0 Å². The van der Waals surface area contributed by atoms with Crippen molar-refractivity contribution in [1.82, 2.24) is 0 Å². The maximum Gasteiger partial charge on any atom is 0.344 e. The number of hydrogen-bond donors (Lipinski definition) is 1. The van der Waals surface area contributed by atoms with Gasteiger partial charge in [0.2, 0.25) is 0 Å². The Bertz CT molecular complexity index is 750. The summed E-state index contributed by atoms with van der Waals surface area (Å²) in [5, 5.41) is 8.82. The van der Waals surface area contributed by atoms with E-state index in [2.05, 4.69) is 4.99 Å². The number of carbonyl (C=O) groups is 2. The number of carboxylic acids is 1. The SMILES string of the molecule is CCOC(=O)c1ccc(N=Cc2ccc(O[C@H](C)C(=O)O)cc2)cc1. The van der Waals surface area contributed by atoms with Crippen LogP contribution in [0.3, 0.4) is 0 Å². The molecule has 0 saturated carbocycles. The number of carboxylic acid groups (broad SMARTS) is 1. The summed E-state index contributed by atoms with van der Waals surface area (Å²) >= 11 is 0. The minimum atomic E-state index is -1.02. The van der Waals surface area contributed by atoms with Crippen LogP contribution in [-0.2, 0) is 9.53 Å². The first-order valence-electron chi connectivity index (χ1n) is 7.80. The fourth-order valence-electron chi connectivity index (χ4n) is 1.93. The van der Waals surface area contributed by atoms with Crippen molar-refractivity contribution in [1.29, 1.82) is 0 Å². The van der Waals surface area contributed by atoms with E-state index in [0.717, 1.165) is 5.56 Å². The predicted octanol–water partition coefficient (Wildman–Crippen LogP) is 3.47. The average Bonchev–Trinajstić information content (AvgIpc) is 2.61. The molecule has 6 heteroatoms. The molecule has 1 atom stereocenters. The van der Waals surface area contributed by atoms with Gasteiger partial charge in [0.25, 0.3) is 0 Å². The number of esters is 1. The van der Waals surface area contributed by atoms with Gasteiger partial charge in [-0.1, -0.05) is 0 Å². The number of hydrogen-bond acceptors (Lipinski definition) is 5. The Balaban J connectivity index is 1.99. The van der Waals surface area contributed by atoms with Crippen LogP contribution in [0.4, 0.5) is 5.69 Å². The molecule has 2 aromatic rings. The molecule has 25 heavy (non-hydrogen) atoms. The van der Waals surface area contributed by atoms with Gasteiger partial charge < -0.3 is 14.6 Å². The number of aliphatic carboxylic acids is 1. The van der Waals surface area contributed by atoms with Crippen molar-refractivity contribution in [2.45, 2.75) is 20.0 Å². The summed E-state index contributed by atoms with van der Waals surface area (Å²) in [7, 11) is 0. The molecule has 0 aromatic heterocycles. The van der Waals surface area contributed by atoms with Crippen molar-refractivity contribution in [2.24, 2.45) is 4.99 Å². The van der Waals surface area contributed by atoms with E-state index < -0.39 is 12.1 Å². The monoisotopic (exact) mass is 341 g/mol. The van der Waals surface area contributed by atoms with E-state index in [4.69, 9.17) is 14.6 Å². The van der Waals surface area contributed by atoms with Crippen LogP contribution in [0.1, 0.15) is 29.8 Å². The Hall–Kier alpha value is -3.15. The first-order valence-corrected chi connectivity index (χ1v) is 7.80. The standard InChI is InChI=1S/C19H19NO5/c1-3-24-19(23)15-6-8-16(9-7-15)20-12-14-4-10-17(11-5-14)25-13(2)18(21)22/h4-13H,3H2,1-2H3,(H,21,22)/t13-/m1/s1. The summed E-state index contributed by atoms with van der Waals surface area (Å²) < 4.78 is 10.2. The Labute approximate surface area is 145 Å². The van der Waals surface area contributed by atoms with Gasteiger partial charge in [0.1, 0.15) is 5.75 Å². The summed E-state index contributed by atoms with van der Waals surface area (Å²) in [5.41, 5.74) is 2.02. The van der Waals surface area contributed by atoms with Crippen molar-refractivity contribution in [3.63, 3.8) is 0 Å². The zero-order chi connectivity index (χ0) is 18.2. The van der Waals surface area contributed by atoms with E-state index in [1.807, 2.05) is 0 Å². The molecule has 0 spiro atoms. The third kappa shape index (κ3) is 5.46. The van der Waals surface area contributed by atoms with Crippen molar-refractivity contribution < 1.29 is 24.2 Å². The van der Waals surface area contributed by atoms with E-state index in [-0.39, 0.29) is 5.97 Å². The lowest BCUT2D eigenvalue weighted by Crippen LogP contribution is -2.22. The van der Waals surface area contributed by atoms with Gasteiger partial charge in [-0.25, -0.2) is 9.59 Å². The molecule has 0 bridgehead atoms. The zero-order valence-corrected chi connectivity index (χ0v) is 14.0. The Kier molecular flexibility index (Phi) is 6.28. The third-order valence-corrected chi connectivity index (χ3v) is 3.28. The van der Waals surface area contributed by atoms with E-state index >= 15 is 0 Å². The van der Waals surface area contributed by atoms with Crippen LogP contribution in [0.15, 0.2) is 53.5 Å². The van der Waals surface area contributed by atoms with Crippen LogP contribution in [0.25, 0.3) is 0 Å². The second-order valence-corrected chi connectivity index (χ2v) is 5.19. The maximum absolute atomic E-state index is 11.6. The molecule has 0 amide bonds. The van der Waals surface area contributed by atoms with Gasteiger partial charge >= 0.3 is 11.9 Å². The Morgan fingerprint density at radius 1 is 1.12 bits per heavy atom. The van der Waals surface area contributed by atoms with Gasteiger partial charge in [0, 0.05) is 6.21 Å². The Morgan fingerprint density at radius 3 is 2.32 bits per heavy atom. The highest BCUT2D eigenvalue weighted by Crippen LogP contribution is 2.16. The van der Waals surface area contributed by atoms with Crippen molar-refractivity contribution in [3.8, 4) is 5.75 Å². The number of aliphatic imine (C=N–C) groups is 1. The number of ether oxygens (including phenoxy) is 2. The molecule has 0 aliphatic heterocycles. The summed E-state index contributed by atoms with van der Waals surface area (Å²) in [6, 6.07) is 13.7. The molecular formula is C19H19NO5. The normalized spacial score (nSPS) is 11.9. The first-order chi connectivity index (χ1) is 12.0. The molecule has 130 valence electrons. The molecule has 0 unspecified atom stereocenters. The molecule has 0 radical (unpaired) electrons. The molecule has 0 saturated heterocycles. The van der Waals surface area contributed by atoms with Crippen LogP contribution >= 0.6 is 0 Å². The minimum absolute atomic E-state index is 0.337. The summed E-state index contributed by atoms with van der Waals surface area (Å²) in [4.78, 5) is 26.7. The molecule has 0 aliphatic rings. The van der Waals surface area contributed by atoms with E-state index in [1.165, 1.54) is 6.92 Å². The third-order valence-electron chi connectivity index (χ3n) is 3.28. The van der Waals surface area contributed by atoms with Crippen LogP contribution in [0.2, 0.25) is 0 Å². The number of benzene rings is 2. The van der Waals surface area contributed by atoms with E-state index in [9.17, 15) is 9.59 Å². The predicted molar refractivity (Wildman–Crippen MR) is 93.8 cm³/mol. The fraction of sp³-hybridized carbons (Fsp3) is 0.211. The highest BCUT2D eigenvalue weighted by molar-refractivity contribution is 5.90. The van der Waals surface area contributed by atoms with Gasteiger partial charge in [0.05, 0.1) is 17.9 Å².